The van der Waals surface area contributed by atoms with Crippen molar-refractivity contribution in [3.05, 3.63) is 0 Å². The summed E-state index contributed by atoms with van der Waals surface area (Å²) in [6, 6.07) is 0. The van der Waals surface area contributed by atoms with Crippen LogP contribution in [0, 0.1) is 0 Å². The van der Waals surface area contributed by atoms with E-state index in [0.29, 0.717) is 6.42 Å². The van der Waals surface area contributed by atoms with Crippen molar-refractivity contribution in [3.8, 4) is 0 Å². The molecule has 6 nitrogen and oxygen atoms in total. The highest BCUT2D eigenvalue weighted by Gasteiger charge is 2.15. The van der Waals surface area contributed by atoms with Gasteiger partial charge < -0.3 is 19.7 Å². The molecule has 6 heteroatoms. The van der Waals surface area contributed by atoms with E-state index >= 15 is 0 Å². The van der Waals surface area contributed by atoms with E-state index in [2.05, 4.69) is 0 Å². The summed E-state index contributed by atoms with van der Waals surface area (Å²) in [6.45, 7) is 2.04. The Bertz CT molecular complexity index is 203. The van der Waals surface area contributed by atoms with E-state index in [1.807, 2.05) is 0 Å². The van der Waals surface area contributed by atoms with Crippen molar-refractivity contribution in [1.82, 2.24) is 0 Å². The monoisotopic (exact) mass is 220 g/mol. The molecular weight excluding hydrogens is 204 g/mol. The number of hydrogen-bond donors (Lipinski definition) is 2. The molecule has 0 aromatic carbocycles. The molecule has 1 unspecified atom stereocenters. The van der Waals surface area contributed by atoms with Gasteiger partial charge in [-0.2, -0.15) is 0 Å². The second-order valence-electron chi connectivity index (χ2n) is 2.89. The lowest BCUT2D eigenvalue weighted by Crippen LogP contribution is -2.24. The van der Waals surface area contributed by atoms with E-state index in [9.17, 15) is 9.59 Å². The third-order valence-corrected chi connectivity index (χ3v) is 1.59. The van der Waals surface area contributed by atoms with Gasteiger partial charge in [0.2, 0.25) is 0 Å². The molecule has 0 aliphatic rings. The molecule has 0 rings (SSSR count). The molecule has 0 radical (unpaired) electrons. The molecule has 0 bridgehead atoms. The SMILES string of the molecule is CCC(COCCO)OC(=O)CC(=O)O. The number of ether oxygens (including phenoxy) is 2. The van der Waals surface area contributed by atoms with E-state index < -0.39 is 24.5 Å². The zero-order valence-corrected chi connectivity index (χ0v) is 8.64. The van der Waals surface area contributed by atoms with Crippen molar-refractivity contribution in [3.63, 3.8) is 0 Å². The fourth-order valence-electron chi connectivity index (χ4n) is 0.866. The molecule has 2 N–H and O–H groups in total. The van der Waals surface area contributed by atoms with Gasteiger partial charge in [0.25, 0.3) is 0 Å². The molecule has 0 saturated heterocycles. The minimum Gasteiger partial charge on any atom is -0.481 e. The van der Waals surface area contributed by atoms with Crippen LogP contribution in [0.1, 0.15) is 19.8 Å². The highest BCUT2D eigenvalue weighted by atomic mass is 16.6. The van der Waals surface area contributed by atoms with Crippen molar-refractivity contribution in [1.29, 1.82) is 0 Å². The molecule has 0 aliphatic heterocycles. The smallest absolute Gasteiger partial charge is 0.317 e. The first-order chi connectivity index (χ1) is 7.10. The topological polar surface area (TPSA) is 93.1 Å². The van der Waals surface area contributed by atoms with Gasteiger partial charge in [0.05, 0.1) is 19.8 Å². The summed E-state index contributed by atoms with van der Waals surface area (Å²) in [5.41, 5.74) is 0. The van der Waals surface area contributed by atoms with Gasteiger partial charge in [0, 0.05) is 0 Å². The van der Waals surface area contributed by atoms with Crippen LogP contribution < -0.4 is 0 Å². The molecule has 15 heavy (non-hydrogen) atoms. The van der Waals surface area contributed by atoms with Crippen molar-refractivity contribution >= 4 is 11.9 Å². The van der Waals surface area contributed by atoms with Crippen LogP contribution in [0.25, 0.3) is 0 Å². The number of carbonyl (C=O) groups excluding carboxylic acids is 1. The number of aliphatic hydroxyl groups excluding tert-OH is 1. The van der Waals surface area contributed by atoms with Crippen LogP contribution in [0.15, 0.2) is 0 Å². The van der Waals surface area contributed by atoms with Crippen molar-refractivity contribution in [2.75, 3.05) is 19.8 Å². The molecule has 0 aliphatic carbocycles. The van der Waals surface area contributed by atoms with E-state index in [4.69, 9.17) is 19.7 Å². The van der Waals surface area contributed by atoms with Gasteiger partial charge in [-0.3, -0.25) is 9.59 Å². The third-order valence-electron chi connectivity index (χ3n) is 1.59. The maximum absolute atomic E-state index is 10.9. The predicted octanol–water partition coefficient (Wildman–Crippen LogP) is -0.208. The summed E-state index contributed by atoms with van der Waals surface area (Å²) < 4.78 is 9.80. The fourth-order valence-corrected chi connectivity index (χ4v) is 0.866. The van der Waals surface area contributed by atoms with Gasteiger partial charge in [-0.05, 0) is 6.42 Å². The highest BCUT2D eigenvalue weighted by molar-refractivity contribution is 5.90. The van der Waals surface area contributed by atoms with Crippen LogP contribution in [0.2, 0.25) is 0 Å². The zero-order chi connectivity index (χ0) is 11.7. The Balaban J connectivity index is 3.77. The first-order valence-electron chi connectivity index (χ1n) is 4.70. The van der Waals surface area contributed by atoms with Crippen LogP contribution in [-0.4, -0.2) is 48.1 Å². The second kappa shape index (κ2) is 8.19. The molecule has 0 spiro atoms. The molecule has 0 heterocycles. The van der Waals surface area contributed by atoms with Gasteiger partial charge in [-0.25, -0.2) is 0 Å². The average Bonchev–Trinajstić information content (AvgIpc) is 2.15. The van der Waals surface area contributed by atoms with E-state index in [1.54, 1.807) is 6.92 Å². The van der Waals surface area contributed by atoms with Crippen molar-refractivity contribution in [2.45, 2.75) is 25.9 Å². The van der Waals surface area contributed by atoms with Gasteiger partial charge >= 0.3 is 11.9 Å². The normalized spacial score (nSPS) is 12.1. The van der Waals surface area contributed by atoms with Crippen LogP contribution in [0.3, 0.4) is 0 Å². The Kier molecular flexibility index (Phi) is 7.57. The quantitative estimate of drug-likeness (QED) is 0.334. The van der Waals surface area contributed by atoms with E-state index in [-0.39, 0.29) is 19.8 Å². The summed E-state index contributed by atoms with van der Waals surface area (Å²) in [6.07, 6.45) is -0.559. The molecule has 88 valence electrons. The molecule has 0 aromatic rings. The second-order valence-corrected chi connectivity index (χ2v) is 2.89. The largest absolute Gasteiger partial charge is 0.481 e. The Labute approximate surface area is 87.8 Å². The zero-order valence-electron chi connectivity index (χ0n) is 8.64. The van der Waals surface area contributed by atoms with E-state index in [1.165, 1.54) is 0 Å². The number of aliphatic hydroxyl groups is 1. The summed E-state index contributed by atoms with van der Waals surface area (Å²) in [5.74, 6) is -1.99. The number of aliphatic carboxylic acids is 1. The molecule has 1 atom stereocenters. The Hall–Kier alpha value is -1.14. The number of carboxylic acids is 1. The Morgan fingerprint density at radius 3 is 2.53 bits per heavy atom. The van der Waals surface area contributed by atoms with E-state index in [0.717, 1.165) is 0 Å². The standard InChI is InChI=1S/C9H16O6/c1-2-7(6-14-4-3-10)15-9(13)5-8(11)12/h7,10H,2-6H2,1H3,(H,11,12). The fraction of sp³-hybridized carbons (Fsp3) is 0.778. The minimum atomic E-state index is -1.22. The van der Waals surface area contributed by atoms with Gasteiger partial charge in [0.15, 0.2) is 0 Å². The predicted molar refractivity (Wildman–Crippen MR) is 50.3 cm³/mol. The lowest BCUT2D eigenvalue weighted by molar-refractivity contribution is -0.157. The molecule has 0 aromatic heterocycles. The molecule has 0 saturated carbocycles. The third kappa shape index (κ3) is 7.90. The number of carbonyl (C=O) groups is 2. The first kappa shape index (κ1) is 13.9. The van der Waals surface area contributed by atoms with Gasteiger partial charge in [-0.1, -0.05) is 6.92 Å². The first-order valence-corrected chi connectivity index (χ1v) is 4.70. The molecular formula is C9H16O6. The number of esters is 1. The van der Waals surface area contributed by atoms with Crippen LogP contribution in [0.4, 0.5) is 0 Å². The summed E-state index contributed by atoms with van der Waals surface area (Å²) in [7, 11) is 0. The van der Waals surface area contributed by atoms with Crippen LogP contribution >= 0.6 is 0 Å². The summed E-state index contributed by atoms with van der Waals surface area (Å²) >= 11 is 0. The molecule has 0 fully saturated rings. The highest BCUT2D eigenvalue weighted by Crippen LogP contribution is 2.01. The van der Waals surface area contributed by atoms with Crippen molar-refractivity contribution in [2.24, 2.45) is 0 Å². The summed E-state index contributed by atoms with van der Waals surface area (Å²) in [5, 5.41) is 16.8. The number of hydrogen-bond acceptors (Lipinski definition) is 5. The number of rotatable bonds is 8. The maximum atomic E-state index is 10.9. The van der Waals surface area contributed by atoms with Gasteiger partial charge in [0.1, 0.15) is 12.5 Å². The lowest BCUT2D eigenvalue weighted by Gasteiger charge is -2.15. The molecule has 0 amide bonds. The minimum absolute atomic E-state index is 0.0977. The van der Waals surface area contributed by atoms with Gasteiger partial charge in [-0.15, -0.1) is 0 Å². The van der Waals surface area contributed by atoms with Crippen LogP contribution in [-0.2, 0) is 19.1 Å². The van der Waals surface area contributed by atoms with Crippen LogP contribution in [0.5, 0.6) is 0 Å². The Morgan fingerprint density at radius 1 is 1.40 bits per heavy atom. The number of carboxylic acid groups (broad SMARTS) is 1. The lowest BCUT2D eigenvalue weighted by atomic mass is 10.3. The average molecular weight is 220 g/mol. The van der Waals surface area contributed by atoms with Crippen molar-refractivity contribution < 1.29 is 29.3 Å². The Morgan fingerprint density at radius 2 is 2.07 bits per heavy atom. The maximum Gasteiger partial charge on any atom is 0.317 e. The summed E-state index contributed by atoms with van der Waals surface area (Å²) in [4.78, 5) is 21.1.